The molecule has 1 fully saturated rings. The van der Waals surface area contributed by atoms with Crippen molar-refractivity contribution in [3.8, 4) is 0 Å². The molecule has 4 rings (SSSR count). The van der Waals surface area contributed by atoms with Crippen LogP contribution in [0.5, 0.6) is 0 Å². The first-order valence-electron chi connectivity index (χ1n) is 9.91. The van der Waals surface area contributed by atoms with E-state index < -0.39 is 6.43 Å². The molecule has 3 N–H and O–H groups in total. The van der Waals surface area contributed by atoms with Crippen molar-refractivity contribution < 1.29 is 8.78 Å². The van der Waals surface area contributed by atoms with Crippen molar-refractivity contribution in [2.75, 3.05) is 41.7 Å². The summed E-state index contributed by atoms with van der Waals surface area (Å²) in [6, 6.07) is 5.20. The number of piperazine rings is 1. The van der Waals surface area contributed by atoms with E-state index in [1.165, 1.54) is 12.3 Å². The Balaban J connectivity index is 1.59. The van der Waals surface area contributed by atoms with Gasteiger partial charge in [0, 0.05) is 43.8 Å². The predicted molar refractivity (Wildman–Crippen MR) is 114 cm³/mol. The Hall–Kier alpha value is -3.14. The molecule has 4 heterocycles. The van der Waals surface area contributed by atoms with Crippen molar-refractivity contribution in [1.29, 1.82) is 0 Å². The Kier molecular flexibility index (Phi) is 5.84. The highest BCUT2D eigenvalue weighted by Crippen LogP contribution is 2.27. The number of anilines is 4. The number of rotatable bonds is 6. The lowest BCUT2D eigenvalue weighted by Crippen LogP contribution is -2.43. The number of alkyl halides is 2. The Labute approximate surface area is 173 Å². The summed E-state index contributed by atoms with van der Waals surface area (Å²) in [4.78, 5) is 19.5. The lowest BCUT2D eigenvalue weighted by molar-refractivity contribution is 0.146. The Morgan fingerprint density at radius 2 is 1.87 bits per heavy atom. The second-order valence-corrected chi connectivity index (χ2v) is 7.39. The molecule has 0 radical (unpaired) electrons. The molecule has 158 valence electrons. The highest BCUT2D eigenvalue weighted by Gasteiger charge is 2.16. The number of fused-ring (bicyclic) bond motifs is 1. The highest BCUT2D eigenvalue weighted by atomic mass is 19.3. The molecule has 1 aliphatic heterocycles. The quantitative estimate of drug-likeness (QED) is 0.566. The van der Waals surface area contributed by atoms with Gasteiger partial charge in [-0.1, -0.05) is 0 Å². The molecule has 0 bridgehead atoms. The van der Waals surface area contributed by atoms with Crippen LogP contribution < -0.4 is 20.9 Å². The zero-order valence-electron chi connectivity index (χ0n) is 16.9. The number of pyridine rings is 2. The van der Waals surface area contributed by atoms with Crippen LogP contribution in [-0.2, 0) is 0 Å². The predicted octanol–water partition coefficient (Wildman–Crippen LogP) is 3.33. The monoisotopic (exact) mass is 414 g/mol. The van der Waals surface area contributed by atoms with Gasteiger partial charge in [-0.3, -0.25) is 0 Å². The third-order valence-electron chi connectivity index (χ3n) is 4.70. The van der Waals surface area contributed by atoms with Crippen molar-refractivity contribution in [3.05, 3.63) is 36.3 Å². The molecule has 30 heavy (non-hydrogen) atoms. The van der Waals surface area contributed by atoms with Gasteiger partial charge >= 0.3 is 0 Å². The van der Waals surface area contributed by atoms with Crippen LogP contribution in [0.4, 0.5) is 32.1 Å². The van der Waals surface area contributed by atoms with E-state index in [4.69, 9.17) is 0 Å². The third kappa shape index (κ3) is 4.54. The second kappa shape index (κ2) is 8.70. The van der Waals surface area contributed by atoms with Crippen LogP contribution in [0.25, 0.3) is 10.9 Å². The first kappa shape index (κ1) is 20.1. The van der Waals surface area contributed by atoms with E-state index in [-0.39, 0.29) is 11.7 Å². The summed E-state index contributed by atoms with van der Waals surface area (Å²) in [5.74, 6) is 1.23. The minimum Gasteiger partial charge on any atom is -0.368 e. The zero-order chi connectivity index (χ0) is 21.1. The normalized spacial score (nSPS) is 14.5. The van der Waals surface area contributed by atoms with Gasteiger partial charge in [0.15, 0.2) is 5.82 Å². The average Bonchev–Trinajstić information content (AvgIpc) is 2.74. The SMILES string of the molecule is CC(C)Nc1nc(C(F)F)cc2cnc(Nc3ccc(N4CCNCC4)cn3)nc12. The number of aromatic nitrogens is 4. The molecule has 10 heteroatoms. The third-order valence-corrected chi connectivity index (χ3v) is 4.70. The molecule has 0 aromatic carbocycles. The smallest absolute Gasteiger partial charge is 0.280 e. The van der Waals surface area contributed by atoms with E-state index >= 15 is 0 Å². The van der Waals surface area contributed by atoms with Gasteiger partial charge in [0.1, 0.15) is 17.0 Å². The Morgan fingerprint density at radius 3 is 2.53 bits per heavy atom. The Bertz CT molecular complexity index is 1000. The topological polar surface area (TPSA) is 90.9 Å². The van der Waals surface area contributed by atoms with Gasteiger partial charge in [0.2, 0.25) is 5.95 Å². The molecule has 1 aliphatic rings. The summed E-state index contributed by atoms with van der Waals surface area (Å²) in [6.07, 6.45) is 0.661. The summed E-state index contributed by atoms with van der Waals surface area (Å²) in [7, 11) is 0. The van der Waals surface area contributed by atoms with E-state index in [0.29, 0.717) is 28.5 Å². The highest BCUT2D eigenvalue weighted by molar-refractivity contribution is 5.89. The van der Waals surface area contributed by atoms with Crippen molar-refractivity contribution in [3.63, 3.8) is 0 Å². The van der Waals surface area contributed by atoms with Crippen LogP contribution in [-0.4, -0.2) is 52.2 Å². The van der Waals surface area contributed by atoms with Crippen molar-refractivity contribution in [2.24, 2.45) is 0 Å². The van der Waals surface area contributed by atoms with E-state index in [1.807, 2.05) is 32.2 Å². The summed E-state index contributed by atoms with van der Waals surface area (Å²) in [5, 5.41) is 9.99. The molecular formula is C20H24F2N8. The van der Waals surface area contributed by atoms with E-state index in [9.17, 15) is 8.78 Å². The molecule has 0 saturated carbocycles. The molecule has 0 unspecified atom stereocenters. The fraction of sp³-hybridized carbons (Fsp3) is 0.400. The van der Waals surface area contributed by atoms with Gasteiger partial charge < -0.3 is 20.9 Å². The Morgan fingerprint density at radius 1 is 1.07 bits per heavy atom. The maximum atomic E-state index is 13.2. The van der Waals surface area contributed by atoms with Crippen molar-refractivity contribution >= 4 is 34.2 Å². The molecule has 3 aromatic heterocycles. The van der Waals surface area contributed by atoms with Gasteiger partial charge in [0.25, 0.3) is 6.43 Å². The maximum Gasteiger partial charge on any atom is 0.280 e. The molecular weight excluding hydrogens is 390 g/mol. The van der Waals surface area contributed by atoms with Gasteiger partial charge in [-0.2, -0.15) is 0 Å². The lowest BCUT2D eigenvalue weighted by Gasteiger charge is -2.29. The standard InChI is InChI=1S/C20H24F2N8/c1-12(2)26-19-17-13(9-15(27-19)18(21)22)10-25-20(29-17)28-16-4-3-14(11-24-16)30-7-5-23-6-8-30/h3-4,9-12,18,23H,5-8H2,1-2H3,(H,26,27)(H,24,25,28,29). The summed E-state index contributed by atoms with van der Waals surface area (Å²) in [5.41, 5.74) is 1.23. The summed E-state index contributed by atoms with van der Waals surface area (Å²) in [6.45, 7) is 7.63. The van der Waals surface area contributed by atoms with Gasteiger partial charge in [-0.05, 0) is 32.0 Å². The number of halogens is 2. The van der Waals surface area contributed by atoms with Gasteiger partial charge in [0.05, 0.1) is 11.9 Å². The van der Waals surface area contributed by atoms with E-state index in [1.54, 1.807) is 0 Å². The van der Waals surface area contributed by atoms with Crippen LogP contribution >= 0.6 is 0 Å². The molecule has 0 aliphatic carbocycles. The van der Waals surface area contributed by atoms with E-state index in [0.717, 1.165) is 31.9 Å². The zero-order valence-corrected chi connectivity index (χ0v) is 16.9. The van der Waals surface area contributed by atoms with Crippen LogP contribution in [0.15, 0.2) is 30.6 Å². The van der Waals surface area contributed by atoms with Crippen LogP contribution in [0, 0.1) is 0 Å². The van der Waals surface area contributed by atoms with Crippen LogP contribution in [0.1, 0.15) is 26.0 Å². The average molecular weight is 414 g/mol. The van der Waals surface area contributed by atoms with Crippen LogP contribution in [0.3, 0.4) is 0 Å². The van der Waals surface area contributed by atoms with Crippen LogP contribution in [0.2, 0.25) is 0 Å². The number of nitrogens with zero attached hydrogens (tertiary/aromatic N) is 5. The fourth-order valence-electron chi connectivity index (χ4n) is 3.29. The van der Waals surface area contributed by atoms with Gasteiger partial charge in [-0.25, -0.2) is 28.7 Å². The fourth-order valence-corrected chi connectivity index (χ4v) is 3.29. The largest absolute Gasteiger partial charge is 0.368 e. The molecule has 1 saturated heterocycles. The van der Waals surface area contributed by atoms with Crippen molar-refractivity contribution in [1.82, 2.24) is 25.3 Å². The van der Waals surface area contributed by atoms with E-state index in [2.05, 4.69) is 40.8 Å². The number of nitrogens with one attached hydrogen (secondary N) is 3. The number of hydrogen-bond acceptors (Lipinski definition) is 8. The second-order valence-electron chi connectivity index (χ2n) is 7.39. The first-order valence-corrected chi connectivity index (χ1v) is 9.91. The maximum absolute atomic E-state index is 13.2. The molecule has 0 atom stereocenters. The summed E-state index contributed by atoms with van der Waals surface area (Å²) >= 11 is 0. The molecule has 3 aromatic rings. The molecule has 0 amide bonds. The van der Waals surface area contributed by atoms with Gasteiger partial charge in [-0.15, -0.1) is 0 Å². The minimum absolute atomic E-state index is 0.0131. The lowest BCUT2D eigenvalue weighted by atomic mass is 10.2. The minimum atomic E-state index is -2.67. The van der Waals surface area contributed by atoms with Crippen molar-refractivity contribution in [2.45, 2.75) is 26.3 Å². The molecule has 0 spiro atoms. The number of hydrogen-bond donors (Lipinski definition) is 3. The summed E-state index contributed by atoms with van der Waals surface area (Å²) < 4.78 is 26.4. The molecule has 8 nitrogen and oxygen atoms in total. The first-order chi connectivity index (χ1) is 14.5.